The second kappa shape index (κ2) is 6.45. The summed E-state index contributed by atoms with van der Waals surface area (Å²) in [5, 5.41) is 3.18. The van der Waals surface area contributed by atoms with Gasteiger partial charge in [0.15, 0.2) is 0 Å². The molecule has 1 saturated heterocycles. The highest BCUT2D eigenvalue weighted by molar-refractivity contribution is 5.85. The van der Waals surface area contributed by atoms with E-state index >= 15 is 0 Å². The summed E-state index contributed by atoms with van der Waals surface area (Å²) in [6.07, 6.45) is 1.82. The molecule has 0 saturated carbocycles. The molecule has 0 aromatic rings. The Bertz CT molecular complexity index is 226. The van der Waals surface area contributed by atoms with Crippen molar-refractivity contribution >= 4 is 18.3 Å². The highest BCUT2D eigenvalue weighted by Gasteiger charge is 2.27. The molecule has 96 valence electrons. The Morgan fingerprint density at radius 1 is 1.44 bits per heavy atom. The van der Waals surface area contributed by atoms with Gasteiger partial charge in [-0.3, -0.25) is 4.79 Å². The van der Waals surface area contributed by atoms with E-state index < -0.39 is 0 Å². The minimum Gasteiger partial charge on any atom is -0.342 e. The van der Waals surface area contributed by atoms with Crippen LogP contribution in [0.4, 0.5) is 0 Å². The molecule has 1 atom stereocenters. The Balaban J connectivity index is 0.00000225. The summed E-state index contributed by atoms with van der Waals surface area (Å²) < 4.78 is 0. The molecule has 1 N–H and O–H groups in total. The van der Waals surface area contributed by atoms with Crippen LogP contribution in [0, 0.1) is 11.3 Å². The van der Waals surface area contributed by atoms with Crippen molar-refractivity contribution in [3.05, 3.63) is 0 Å². The molecule has 0 aromatic heterocycles. The molecule has 0 aromatic carbocycles. The van der Waals surface area contributed by atoms with Crippen LogP contribution in [-0.4, -0.2) is 37.5 Å². The van der Waals surface area contributed by atoms with Crippen LogP contribution < -0.4 is 5.32 Å². The van der Waals surface area contributed by atoms with Crippen molar-refractivity contribution in [3.8, 4) is 0 Å². The predicted molar refractivity (Wildman–Crippen MR) is 69.9 cm³/mol. The van der Waals surface area contributed by atoms with Gasteiger partial charge in [-0.2, -0.15) is 0 Å². The zero-order valence-corrected chi connectivity index (χ0v) is 11.7. The predicted octanol–water partition coefficient (Wildman–Crippen LogP) is 1.91. The maximum Gasteiger partial charge on any atom is 0.223 e. The van der Waals surface area contributed by atoms with Crippen molar-refractivity contribution in [1.82, 2.24) is 10.2 Å². The van der Waals surface area contributed by atoms with Crippen LogP contribution in [0.3, 0.4) is 0 Å². The first kappa shape index (κ1) is 15.7. The lowest BCUT2D eigenvalue weighted by atomic mass is 9.92. The van der Waals surface area contributed by atoms with Gasteiger partial charge < -0.3 is 10.2 Å². The number of hydrogen-bond acceptors (Lipinski definition) is 2. The summed E-state index contributed by atoms with van der Waals surface area (Å²) in [4.78, 5) is 13.9. The smallest absolute Gasteiger partial charge is 0.223 e. The van der Waals surface area contributed by atoms with Gasteiger partial charge in [-0.15, -0.1) is 12.4 Å². The SMILES string of the molecule is CNCC1CCN(C(=O)CC(C)(C)C)C1.Cl. The second-order valence-electron chi connectivity index (χ2n) is 5.79. The number of nitrogens with zero attached hydrogens (tertiary/aromatic N) is 1. The number of nitrogens with one attached hydrogen (secondary N) is 1. The molecule has 1 amide bonds. The van der Waals surface area contributed by atoms with Crippen LogP contribution in [0.5, 0.6) is 0 Å². The number of halogens is 1. The van der Waals surface area contributed by atoms with Gasteiger partial charge in [0.2, 0.25) is 5.91 Å². The topological polar surface area (TPSA) is 32.3 Å². The van der Waals surface area contributed by atoms with Crippen molar-refractivity contribution in [2.75, 3.05) is 26.7 Å². The average molecular weight is 249 g/mol. The fraction of sp³-hybridized carbons (Fsp3) is 0.917. The third-order valence-corrected chi connectivity index (χ3v) is 2.81. The van der Waals surface area contributed by atoms with Gasteiger partial charge in [0.1, 0.15) is 0 Å². The van der Waals surface area contributed by atoms with Gasteiger partial charge in [-0.25, -0.2) is 0 Å². The number of likely N-dealkylation sites (tertiary alicyclic amines) is 1. The maximum atomic E-state index is 11.9. The van der Waals surface area contributed by atoms with E-state index in [9.17, 15) is 4.79 Å². The van der Waals surface area contributed by atoms with E-state index in [4.69, 9.17) is 0 Å². The Hall–Kier alpha value is -0.280. The van der Waals surface area contributed by atoms with Gasteiger partial charge in [-0.05, 0) is 31.3 Å². The first-order chi connectivity index (χ1) is 6.92. The molecule has 1 aliphatic rings. The lowest BCUT2D eigenvalue weighted by Gasteiger charge is -2.23. The van der Waals surface area contributed by atoms with Crippen molar-refractivity contribution < 1.29 is 4.79 Å². The number of carbonyl (C=O) groups excluding carboxylic acids is 1. The highest BCUT2D eigenvalue weighted by Crippen LogP contribution is 2.23. The van der Waals surface area contributed by atoms with Gasteiger partial charge in [0, 0.05) is 19.5 Å². The minimum absolute atomic E-state index is 0. The van der Waals surface area contributed by atoms with Gasteiger partial charge in [-0.1, -0.05) is 20.8 Å². The normalized spacial score (nSPS) is 20.8. The number of hydrogen-bond donors (Lipinski definition) is 1. The Morgan fingerprint density at radius 3 is 2.56 bits per heavy atom. The summed E-state index contributed by atoms with van der Waals surface area (Å²) in [6.45, 7) is 9.26. The summed E-state index contributed by atoms with van der Waals surface area (Å²) in [7, 11) is 1.97. The van der Waals surface area contributed by atoms with Gasteiger partial charge in [0.05, 0.1) is 0 Å². The number of carbonyl (C=O) groups is 1. The molecule has 1 unspecified atom stereocenters. The molecule has 1 rings (SSSR count). The number of amides is 1. The first-order valence-corrected chi connectivity index (χ1v) is 5.85. The Labute approximate surface area is 105 Å². The molecular formula is C12H25ClN2O. The quantitative estimate of drug-likeness (QED) is 0.828. The largest absolute Gasteiger partial charge is 0.342 e. The van der Waals surface area contributed by atoms with Crippen LogP contribution >= 0.6 is 12.4 Å². The average Bonchev–Trinajstić information content (AvgIpc) is 2.50. The minimum atomic E-state index is 0. The van der Waals surface area contributed by atoms with Crippen LogP contribution in [-0.2, 0) is 4.79 Å². The molecular weight excluding hydrogens is 224 g/mol. The van der Waals surface area contributed by atoms with E-state index in [0.29, 0.717) is 18.2 Å². The van der Waals surface area contributed by atoms with Crippen molar-refractivity contribution in [2.45, 2.75) is 33.6 Å². The highest BCUT2D eigenvalue weighted by atomic mass is 35.5. The molecule has 1 fully saturated rings. The molecule has 4 heteroatoms. The second-order valence-corrected chi connectivity index (χ2v) is 5.79. The van der Waals surface area contributed by atoms with Gasteiger partial charge >= 0.3 is 0 Å². The third-order valence-electron chi connectivity index (χ3n) is 2.81. The maximum absolute atomic E-state index is 11.9. The van der Waals surface area contributed by atoms with Crippen molar-refractivity contribution in [1.29, 1.82) is 0 Å². The lowest BCUT2D eigenvalue weighted by Crippen LogP contribution is -2.32. The summed E-state index contributed by atoms with van der Waals surface area (Å²) in [5.41, 5.74) is 0.109. The number of rotatable bonds is 3. The van der Waals surface area contributed by atoms with E-state index in [0.717, 1.165) is 26.1 Å². The van der Waals surface area contributed by atoms with E-state index in [-0.39, 0.29) is 17.8 Å². The zero-order valence-electron chi connectivity index (χ0n) is 10.9. The van der Waals surface area contributed by atoms with Crippen LogP contribution in [0.1, 0.15) is 33.6 Å². The molecule has 0 bridgehead atoms. The van der Waals surface area contributed by atoms with E-state index in [2.05, 4.69) is 26.1 Å². The third kappa shape index (κ3) is 5.17. The Morgan fingerprint density at radius 2 is 2.06 bits per heavy atom. The van der Waals surface area contributed by atoms with Gasteiger partial charge in [0.25, 0.3) is 0 Å². The van der Waals surface area contributed by atoms with Crippen LogP contribution in [0.15, 0.2) is 0 Å². The van der Waals surface area contributed by atoms with Crippen LogP contribution in [0.25, 0.3) is 0 Å². The molecule has 0 aliphatic carbocycles. The summed E-state index contributed by atoms with van der Waals surface area (Å²) >= 11 is 0. The van der Waals surface area contributed by atoms with E-state index in [1.165, 1.54) is 0 Å². The summed E-state index contributed by atoms with van der Waals surface area (Å²) in [5.74, 6) is 0.972. The van der Waals surface area contributed by atoms with Crippen molar-refractivity contribution in [2.24, 2.45) is 11.3 Å². The molecule has 16 heavy (non-hydrogen) atoms. The fourth-order valence-electron chi connectivity index (χ4n) is 2.08. The lowest BCUT2D eigenvalue weighted by molar-refractivity contribution is -0.132. The molecule has 0 radical (unpaired) electrons. The fourth-order valence-corrected chi connectivity index (χ4v) is 2.08. The monoisotopic (exact) mass is 248 g/mol. The molecule has 1 heterocycles. The van der Waals surface area contributed by atoms with E-state index in [1.807, 2.05) is 11.9 Å². The Kier molecular flexibility index (Phi) is 6.34. The standard InChI is InChI=1S/C12H24N2O.ClH/c1-12(2,3)7-11(15)14-6-5-10(9-14)8-13-4;/h10,13H,5-9H2,1-4H3;1H. The zero-order chi connectivity index (χ0) is 11.5. The van der Waals surface area contributed by atoms with Crippen LogP contribution in [0.2, 0.25) is 0 Å². The molecule has 1 aliphatic heterocycles. The first-order valence-electron chi connectivity index (χ1n) is 5.85. The summed E-state index contributed by atoms with van der Waals surface area (Å²) in [6, 6.07) is 0. The molecule has 0 spiro atoms. The van der Waals surface area contributed by atoms with Crippen molar-refractivity contribution in [3.63, 3.8) is 0 Å². The molecule has 3 nitrogen and oxygen atoms in total. The van der Waals surface area contributed by atoms with E-state index in [1.54, 1.807) is 0 Å².